The Labute approximate surface area is 194 Å². The van der Waals surface area contributed by atoms with E-state index in [-0.39, 0.29) is 17.2 Å². The van der Waals surface area contributed by atoms with Crippen molar-refractivity contribution >= 4 is 28.3 Å². The average Bonchev–Trinajstić information content (AvgIpc) is 3.27. The third kappa shape index (κ3) is 4.35. The van der Waals surface area contributed by atoms with E-state index in [1.807, 2.05) is 12.2 Å². The third-order valence-corrected chi connectivity index (χ3v) is 8.44. The number of carboxylic acids is 1. The molecular weight excluding hydrogens is 424 g/mol. The Kier molecular flexibility index (Phi) is 6.45. The largest absolute Gasteiger partial charge is 0.480 e. The lowest BCUT2D eigenvalue weighted by Gasteiger charge is -2.36. The number of nitrogens with zero attached hydrogens (tertiary/aromatic N) is 3. The molecule has 1 saturated heterocycles. The van der Waals surface area contributed by atoms with Gasteiger partial charge in [-0.2, -0.15) is 0 Å². The first-order valence-corrected chi connectivity index (χ1v) is 12.5. The summed E-state index contributed by atoms with van der Waals surface area (Å²) in [5, 5.41) is 15.8. The van der Waals surface area contributed by atoms with Crippen LogP contribution in [0.1, 0.15) is 51.6 Å². The molecule has 0 radical (unpaired) electrons. The van der Waals surface area contributed by atoms with Gasteiger partial charge in [0.2, 0.25) is 0 Å². The first-order chi connectivity index (χ1) is 15.2. The molecule has 32 heavy (non-hydrogen) atoms. The average molecular weight is 459 g/mol. The first kappa shape index (κ1) is 23.0. The van der Waals surface area contributed by atoms with Crippen molar-refractivity contribution in [3.8, 4) is 0 Å². The van der Waals surface area contributed by atoms with Crippen LogP contribution in [0.25, 0.3) is 0 Å². The van der Waals surface area contributed by atoms with Crippen LogP contribution in [0.15, 0.2) is 29.2 Å². The van der Waals surface area contributed by atoms with Crippen LogP contribution < -0.4 is 10.2 Å². The second-order valence-electron chi connectivity index (χ2n) is 9.73. The van der Waals surface area contributed by atoms with E-state index in [4.69, 9.17) is 4.98 Å². The molecule has 1 aliphatic heterocycles. The first-order valence-electron chi connectivity index (χ1n) is 11.6. The number of carbonyl (C=O) groups excluding carboxylic acids is 1. The highest BCUT2D eigenvalue weighted by Crippen LogP contribution is 2.40. The van der Waals surface area contributed by atoms with E-state index in [1.54, 1.807) is 11.3 Å². The minimum atomic E-state index is -1.14. The number of thiazole rings is 1. The van der Waals surface area contributed by atoms with Gasteiger partial charge < -0.3 is 20.2 Å². The zero-order chi connectivity index (χ0) is 22.9. The Morgan fingerprint density at radius 2 is 1.88 bits per heavy atom. The Hall–Kier alpha value is -2.19. The summed E-state index contributed by atoms with van der Waals surface area (Å²) in [5.41, 5.74) is 0.113. The minimum absolute atomic E-state index is 0.0582. The Morgan fingerprint density at radius 3 is 2.50 bits per heavy atom. The molecule has 2 atom stereocenters. The van der Waals surface area contributed by atoms with Crippen molar-refractivity contribution in [2.75, 3.05) is 38.1 Å². The summed E-state index contributed by atoms with van der Waals surface area (Å²) < 4.78 is 0. The molecule has 174 valence electrons. The van der Waals surface area contributed by atoms with Crippen LogP contribution in [0.4, 0.5) is 5.13 Å². The van der Waals surface area contributed by atoms with Crippen molar-refractivity contribution in [1.29, 1.82) is 0 Å². The van der Waals surface area contributed by atoms with Crippen molar-refractivity contribution in [3.05, 3.63) is 34.9 Å². The van der Waals surface area contributed by atoms with Gasteiger partial charge >= 0.3 is 5.97 Å². The normalized spacial score (nSPS) is 28.3. The van der Waals surface area contributed by atoms with Crippen molar-refractivity contribution in [3.63, 3.8) is 0 Å². The van der Waals surface area contributed by atoms with Crippen molar-refractivity contribution in [2.45, 2.75) is 56.9 Å². The van der Waals surface area contributed by atoms with Gasteiger partial charge in [-0.05, 0) is 32.7 Å². The van der Waals surface area contributed by atoms with Crippen LogP contribution in [-0.4, -0.2) is 65.6 Å². The Morgan fingerprint density at radius 1 is 1.19 bits per heavy atom. The van der Waals surface area contributed by atoms with Crippen molar-refractivity contribution in [1.82, 2.24) is 15.2 Å². The SMILES string of the molecule is CC1C=C(C(=O)NC2(C(=O)O)CCCCC2)C=CC1(C)c1csc(N2CCN(C)CC2)n1. The number of carboxylic acid groups (broad SMARTS) is 1. The zero-order valence-electron chi connectivity index (χ0n) is 19.3. The number of aliphatic carboxylic acids is 1. The number of aromatic nitrogens is 1. The summed E-state index contributed by atoms with van der Waals surface area (Å²) in [6, 6.07) is 0. The molecule has 3 aliphatic rings. The van der Waals surface area contributed by atoms with Gasteiger partial charge in [-0.15, -0.1) is 11.3 Å². The fourth-order valence-corrected chi connectivity index (χ4v) is 5.88. The molecule has 1 aromatic heterocycles. The number of allylic oxidation sites excluding steroid dienone is 2. The van der Waals surface area contributed by atoms with Crippen LogP contribution in [0.2, 0.25) is 0 Å². The molecule has 2 fully saturated rings. The maximum Gasteiger partial charge on any atom is 0.329 e. The maximum atomic E-state index is 13.0. The lowest BCUT2D eigenvalue weighted by atomic mass is 9.72. The van der Waals surface area contributed by atoms with Crippen LogP contribution in [0.5, 0.6) is 0 Å². The van der Waals surface area contributed by atoms with E-state index in [0.717, 1.165) is 56.3 Å². The van der Waals surface area contributed by atoms with Gasteiger partial charge in [-0.3, -0.25) is 4.79 Å². The van der Waals surface area contributed by atoms with Gasteiger partial charge in [0.25, 0.3) is 5.91 Å². The fourth-order valence-electron chi connectivity index (χ4n) is 4.87. The van der Waals surface area contributed by atoms with E-state index in [1.165, 1.54) is 0 Å². The second-order valence-corrected chi connectivity index (χ2v) is 10.6. The van der Waals surface area contributed by atoms with Crippen LogP contribution in [0.3, 0.4) is 0 Å². The highest BCUT2D eigenvalue weighted by Gasteiger charge is 2.42. The van der Waals surface area contributed by atoms with Gasteiger partial charge in [-0.1, -0.05) is 44.4 Å². The van der Waals surface area contributed by atoms with E-state index in [2.05, 4.69) is 47.5 Å². The number of amides is 1. The van der Waals surface area contributed by atoms with Crippen LogP contribution >= 0.6 is 11.3 Å². The fraction of sp³-hybridized carbons (Fsp3) is 0.625. The number of piperazine rings is 1. The summed E-state index contributed by atoms with van der Waals surface area (Å²) in [4.78, 5) is 34.6. The van der Waals surface area contributed by atoms with E-state index >= 15 is 0 Å². The number of nitrogens with one attached hydrogen (secondary N) is 1. The lowest BCUT2D eigenvalue weighted by molar-refractivity contribution is -0.148. The third-order valence-electron chi connectivity index (χ3n) is 7.53. The molecule has 1 saturated carbocycles. The maximum absolute atomic E-state index is 13.0. The highest BCUT2D eigenvalue weighted by atomic mass is 32.1. The summed E-state index contributed by atoms with van der Waals surface area (Å²) in [6.07, 6.45) is 9.52. The topological polar surface area (TPSA) is 85.8 Å². The number of carbonyl (C=O) groups is 2. The minimum Gasteiger partial charge on any atom is -0.480 e. The lowest BCUT2D eigenvalue weighted by Crippen LogP contribution is -2.56. The number of hydrogen-bond acceptors (Lipinski definition) is 6. The Bertz CT molecular complexity index is 925. The quantitative estimate of drug-likeness (QED) is 0.705. The van der Waals surface area contributed by atoms with Gasteiger partial charge in [0.15, 0.2) is 5.13 Å². The van der Waals surface area contributed by atoms with Gasteiger partial charge in [0.05, 0.1) is 5.69 Å². The van der Waals surface area contributed by atoms with Gasteiger partial charge in [0, 0.05) is 42.5 Å². The Balaban J connectivity index is 1.47. The van der Waals surface area contributed by atoms with Crippen molar-refractivity contribution < 1.29 is 14.7 Å². The van der Waals surface area contributed by atoms with Crippen LogP contribution in [0, 0.1) is 5.92 Å². The highest BCUT2D eigenvalue weighted by molar-refractivity contribution is 7.13. The second kappa shape index (κ2) is 8.98. The van der Waals surface area contributed by atoms with E-state index < -0.39 is 11.5 Å². The molecule has 1 amide bonds. The van der Waals surface area contributed by atoms with E-state index in [0.29, 0.717) is 18.4 Å². The summed E-state index contributed by atoms with van der Waals surface area (Å²) in [7, 11) is 2.15. The zero-order valence-corrected chi connectivity index (χ0v) is 20.1. The summed E-state index contributed by atoms with van der Waals surface area (Å²) in [5.74, 6) is -1.17. The van der Waals surface area contributed by atoms with E-state index in [9.17, 15) is 14.7 Å². The molecular formula is C24H34N4O3S. The van der Waals surface area contributed by atoms with Crippen molar-refractivity contribution in [2.24, 2.45) is 5.92 Å². The summed E-state index contributed by atoms with van der Waals surface area (Å²) in [6.45, 7) is 8.31. The van der Waals surface area contributed by atoms with Gasteiger partial charge in [0.1, 0.15) is 5.54 Å². The number of anilines is 1. The number of hydrogen-bond donors (Lipinski definition) is 2. The predicted molar refractivity (Wildman–Crippen MR) is 127 cm³/mol. The molecule has 4 rings (SSSR count). The standard InChI is InChI=1S/C24H34N4O3S/c1-17-15-18(20(29)26-24(21(30)31)8-5-4-6-9-24)7-10-23(17,2)19-16-32-22(25-19)28-13-11-27(3)12-14-28/h7,10,15-17H,4-6,8-9,11-14H2,1-3H3,(H,26,29)(H,30,31). The van der Waals surface area contributed by atoms with Crippen LogP contribution in [-0.2, 0) is 15.0 Å². The molecule has 0 spiro atoms. The monoisotopic (exact) mass is 458 g/mol. The molecule has 2 N–H and O–H groups in total. The molecule has 2 aliphatic carbocycles. The predicted octanol–water partition coefficient (Wildman–Crippen LogP) is 3.19. The molecule has 8 heteroatoms. The molecule has 2 heterocycles. The van der Waals surface area contributed by atoms with Gasteiger partial charge in [-0.25, -0.2) is 9.78 Å². The molecule has 0 bridgehead atoms. The molecule has 0 aromatic carbocycles. The smallest absolute Gasteiger partial charge is 0.329 e. The number of rotatable bonds is 5. The molecule has 2 unspecified atom stereocenters. The molecule has 7 nitrogen and oxygen atoms in total. The molecule has 1 aromatic rings. The number of likely N-dealkylation sites (N-methyl/N-ethyl adjacent to an activating group) is 1. The summed E-state index contributed by atoms with van der Waals surface area (Å²) >= 11 is 1.68.